The first kappa shape index (κ1) is 12.1. The summed E-state index contributed by atoms with van der Waals surface area (Å²) in [7, 11) is 0. The zero-order chi connectivity index (χ0) is 11.5. The summed E-state index contributed by atoms with van der Waals surface area (Å²) in [4.78, 5) is 1.08. The van der Waals surface area contributed by atoms with E-state index in [1.54, 1.807) is 17.8 Å². The number of rotatable bonds is 3. The van der Waals surface area contributed by atoms with Crippen LogP contribution in [0.4, 0.5) is 5.69 Å². The maximum absolute atomic E-state index is 6.10. The Bertz CT molecular complexity index is 372. The molecule has 2 rings (SSSR count). The van der Waals surface area contributed by atoms with E-state index >= 15 is 0 Å². The Labute approximate surface area is 105 Å². The predicted molar refractivity (Wildman–Crippen MR) is 70.2 cm³/mol. The molecule has 1 saturated heterocycles. The van der Waals surface area contributed by atoms with Gasteiger partial charge < -0.3 is 10.5 Å². The fraction of sp³-hybridized carbons (Fsp3) is 0.500. The highest BCUT2D eigenvalue weighted by Crippen LogP contribution is 2.31. The molecule has 0 radical (unpaired) electrons. The van der Waals surface area contributed by atoms with Crippen molar-refractivity contribution in [2.24, 2.45) is 0 Å². The third-order valence-electron chi connectivity index (χ3n) is 2.70. The highest BCUT2D eigenvalue weighted by Gasteiger charge is 2.21. The van der Waals surface area contributed by atoms with Crippen LogP contribution in [0, 0.1) is 0 Å². The molecule has 4 heteroatoms. The lowest BCUT2D eigenvalue weighted by atomic mass is 10.2. The molecule has 1 heterocycles. The third-order valence-corrected chi connectivity index (χ3v) is 4.33. The fourth-order valence-electron chi connectivity index (χ4n) is 1.82. The molecule has 0 saturated carbocycles. The van der Waals surface area contributed by atoms with Gasteiger partial charge in [0.2, 0.25) is 0 Å². The Balaban J connectivity index is 1.89. The second-order valence-electron chi connectivity index (χ2n) is 4.15. The lowest BCUT2D eigenvalue weighted by molar-refractivity contribution is 0.0700. The molecule has 16 heavy (non-hydrogen) atoms. The van der Waals surface area contributed by atoms with Crippen LogP contribution in [0.3, 0.4) is 0 Å². The van der Waals surface area contributed by atoms with Crippen molar-refractivity contribution in [2.75, 3.05) is 11.5 Å². The van der Waals surface area contributed by atoms with Crippen molar-refractivity contribution < 1.29 is 4.74 Å². The van der Waals surface area contributed by atoms with Gasteiger partial charge in [0.25, 0.3) is 0 Å². The first-order valence-corrected chi connectivity index (χ1v) is 6.85. The second kappa shape index (κ2) is 5.30. The number of thioether (sulfide) groups is 1. The third kappa shape index (κ3) is 3.06. The van der Waals surface area contributed by atoms with Gasteiger partial charge in [-0.1, -0.05) is 11.6 Å². The topological polar surface area (TPSA) is 35.2 Å². The van der Waals surface area contributed by atoms with Gasteiger partial charge >= 0.3 is 0 Å². The largest absolute Gasteiger partial charge is 0.399 e. The standard InChI is InChI=1S/C12H16ClNOS/c1-8-2-4-10(15-8)7-16-12-5-3-9(14)6-11(12)13/h3,5-6,8,10H,2,4,7,14H2,1H3. The summed E-state index contributed by atoms with van der Waals surface area (Å²) in [6.45, 7) is 2.13. The molecule has 2 N–H and O–H groups in total. The Morgan fingerprint density at radius 3 is 2.94 bits per heavy atom. The average molecular weight is 258 g/mol. The van der Waals surface area contributed by atoms with Gasteiger partial charge in [-0.25, -0.2) is 0 Å². The van der Waals surface area contributed by atoms with Gasteiger partial charge in [-0.15, -0.1) is 11.8 Å². The fourth-order valence-corrected chi connectivity index (χ4v) is 3.15. The molecule has 0 spiro atoms. The summed E-state index contributed by atoms with van der Waals surface area (Å²) in [6.07, 6.45) is 3.10. The van der Waals surface area contributed by atoms with Crippen molar-refractivity contribution in [1.82, 2.24) is 0 Å². The zero-order valence-corrected chi connectivity index (χ0v) is 10.9. The molecule has 2 unspecified atom stereocenters. The van der Waals surface area contributed by atoms with Gasteiger partial charge in [-0.05, 0) is 38.0 Å². The first-order chi connectivity index (χ1) is 7.65. The highest BCUT2D eigenvalue weighted by atomic mass is 35.5. The number of ether oxygens (including phenoxy) is 1. The van der Waals surface area contributed by atoms with Crippen molar-refractivity contribution >= 4 is 29.1 Å². The molecule has 0 amide bonds. The van der Waals surface area contributed by atoms with Crippen molar-refractivity contribution in [2.45, 2.75) is 36.9 Å². The van der Waals surface area contributed by atoms with Crippen molar-refractivity contribution in [3.8, 4) is 0 Å². The molecule has 2 nitrogen and oxygen atoms in total. The maximum atomic E-state index is 6.10. The van der Waals surface area contributed by atoms with E-state index in [-0.39, 0.29) is 0 Å². The lowest BCUT2D eigenvalue weighted by Gasteiger charge is -2.11. The van der Waals surface area contributed by atoms with Gasteiger partial charge in [0.15, 0.2) is 0 Å². The number of nitrogens with two attached hydrogens (primary N) is 1. The Morgan fingerprint density at radius 1 is 1.50 bits per heavy atom. The molecule has 1 aliphatic heterocycles. The van der Waals surface area contributed by atoms with E-state index in [1.807, 2.05) is 12.1 Å². The van der Waals surface area contributed by atoms with Crippen molar-refractivity contribution in [3.05, 3.63) is 23.2 Å². The van der Waals surface area contributed by atoms with Crippen LogP contribution >= 0.6 is 23.4 Å². The lowest BCUT2D eigenvalue weighted by Crippen LogP contribution is -2.10. The number of anilines is 1. The van der Waals surface area contributed by atoms with Crippen LogP contribution in [-0.2, 0) is 4.74 Å². The average Bonchev–Trinajstić information content (AvgIpc) is 2.63. The summed E-state index contributed by atoms with van der Waals surface area (Å²) in [5, 5.41) is 0.732. The number of hydrogen-bond acceptors (Lipinski definition) is 3. The summed E-state index contributed by atoms with van der Waals surface area (Å²) >= 11 is 7.84. The van der Waals surface area contributed by atoms with E-state index in [1.165, 1.54) is 6.42 Å². The molecule has 1 fully saturated rings. The predicted octanol–water partition coefficient (Wildman–Crippen LogP) is 3.58. The summed E-state index contributed by atoms with van der Waals surface area (Å²) in [5.74, 6) is 0.966. The van der Waals surface area contributed by atoms with Crippen LogP contribution in [0.1, 0.15) is 19.8 Å². The van der Waals surface area contributed by atoms with E-state index < -0.39 is 0 Å². The SMILES string of the molecule is CC1CCC(CSc2ccc(N)cc2Cl)O1. The van der Waals surface area contributed by atoms with Gasteiger partial charge in [0.1, 0.15) is 0 Å². The zero-order valence-electron chi connectivity index (χ0n) is 9.28. The van der Waals surface area contributed by atoms with Gasteiger partial charge in [0, 0.05) is 16.3 Å². The Kier molecular flexibility index (Phi) is 4.00. The highest BCUT2D eigenvalue weighted by molar-refractivity contribution is 7.99. The van der Waals surface area contributed by atoms with Crippen LogP contribution in [0.25, 0.3) is 0 Å². The van der Waals surface area contributed by atoms with E-state index in [0.717, 1.165) is 22.1 Å². The second-order valence-corrected chi connectivity index (χ2v) is 5.62. The van der Waals surface area contributed by atoms with Crippen LogP contribution < -0.4 is 5.73 Å². The van der Waals surface area contributed by atoms with Crippen molar-refractivity contribution in [3.63, 3.8) is 0 Å². The molecule has 1 aromatic carbocycles. The van der Waals surface area contributed by atoms with Gasteiger partial charge in [-0.2, -0.15) is 0 Å². The minimum Gasteiger partial charge on any atom is -0.399 e. The normalized spacial score (nSPS) is 24.9. The van der Waals surface area contributed by atoms with Crippen LogP contribution in [0.2, 0.25) is 5.02 Å². The number of hydrogen-bond donors (Lipinski definition) is 1. The quantitative estimate of drug-likeness (QED) is 0.664. The molecule has 0 aromatic heterocycles. The molecule has 0 bridgehead atoms. The van der Waals surface area contributed by atoms with E-state index in [4.69, 9.17) is 22.1 Å². The van der Waals surface area contributed by atoms with E-state index in [2.05, 4.69) is 6.92 Å². The number of nitrogen functional groups attached to an aromatic ring is 1. The maximum Gasteiger partial charge on any atom is 0.0673 e. The summed E-state index contributed by atoms with van der Waals surface area (Å²) in [6, 6.07) is 5.65. The van der Waals surface area contributed by atoms with Crippen LogP contribution in [-0.4, -0.2) is 18.0 Å². The summed E-state index contributed by atoms with van der Waals surface area (Å²) in [5.41, 5.74) is 6.35. The van der Waals surface area contributed by atoms with Gasteiger partial charge in [-0.3, -0.25) is 0 Å². The van der Waals surface area contributed by atoms with Crippen molar-refractivity contribution in [1.29, 1.82) is 0 Å². The van der Waals surface area contributed by atoms with Crippen LogP contribution in [0.15, 0.2) is 23.1 Å². The molecule has 88 valence electrons. The molecule has 1 aliphatic rings. The number of benzene rings is 1. The smallest absolute Gasteiger partial charge is 0.0673 e. The first-order valence-electron chi connectivity index (χ1n) is 5.48. The Morgan fingerprint density at radius 2 is 2.31 bits per heavy atom. The number of halogens is 1. The molecular weight excluding hydrogens is 242 g/mol. The van der Waals surface area contributed by atoms with E-state index in [9.17, 15) is 0 Å². The van der Waals surface area contributed by atoms with Gasteiger partial charge in [0.05, 0.1) is 17.2 Å². The molecular formula is C12H16ClNOS. The monoisotopic (exact) mass is 257 g/mol. The minimum atomic E-state index is 0.369. The van der Waals surface area contributed by atoms with Crippen LogP contribution in [0.5, 0.6) is 0 Å². The minimum absolute atomic E-state index is 0.369. The molecule has 2 atom stereocenters. The van der Waals surface area contributed by atoms with E-state index in [0.29, 0.717) is 17.9 Å². The Hall–Kier alpha value is -0.380. The summed E-state index contributed by atoms with van der Waals surface area (Å²) < 4.78 is 5.76. The molecule has 1 aromatic rings. The molecule has 0 aliphatic carbocycles.